The van der Waals surface area contributed by atoms with Gasteiger partial charge in [0.2, 0.25) is 0 Å². The molecule has 4 rings (SSSR count). The van der Waals surface area contributed by atoms with Crippen molar-refractivity contribution in [3.63, 3.8) is 0 Å². The van der Waals surface area contributed by atoms with E-state index in [1.807, 2.05) is 0 Å². The third-order valence-corrected chi connectivity index (χ3v) is 9.61. The van der Waals surface area contributed by atoms with Gasteiger partial charge in [0.1, 0.15) is 0 Å². The fourth-order valence-corrected chi connectivity index (χ4v) is 8.04. The Labute approximate surface area is 170 Å². The normalized spacial score (nSPS) is 45.4. The van der Waals surface area contributed by atoms with Crippen LogP contribution >= 0.6 is 0 Å². The Hall–Kier alpha value is -0.260. The van der Waals surface area contributed by atoms with Crippen molar-refractivity contribution < 1.29 is 0 Å². The number of fused-ring (bicyclic) bond motifs is 2. The van der Waals surface area contributed by atoms with Gasteiger partial charge in [-0.3, -0.25) is 0 Å². The molecule has 0 aliphatic heterocycles. The molecular weight excluding hydrogens is 324 g/mol. The smallest absolute Gasteiger partial charge is 0.0166 e. The van der Waals surface area contributed by atoms with Crippen LogP contribution in [0.2, 0.25) is 0 Å². The summed E-state index contributed by atoms with van der Waals surface area (Å²) in [7, 11) is 0. The minimum atomic E-state index is 0.465. The van der Waals surface area contributed by atoms with Crippen molar-refractivity contribution >= 4 is 0 Å². The molecule has 0 amide bonds. The molecule has 27 heavy (non-hydrogen) atoms. The van der Waals surface area contributed by atoms with E-state index in [2.05, 4.69) is 54.5 Å². The van der Waals surface area contributed by atoms with Crippen molar-refractivity contribution in [2.45, 2.75) is 99.8 Å². The highest BCUT2D eigenvalue weighted by Gasteiger charge is 2.52. The van der Waals surface area contributed by atoms with E-state index >= 15 is 0 Å². The molecule has 7 atom stereocenters. The molecule has 0 aromatic rings. The topological polar surface area (TPSA) is 0 Å². The van der Waals surface area contributed by atoms with Gasteiger partial charge >= 0.3 is 0 Å². The number of hydrogen-bond donors (Lipinski definition) is 0. The van der Waals surface area contributed by atoms with Gasteiger partial charge in [-0.1, -0.05) is 66.0 Å². The zero-order valence-electron chi connectivity index (χ0n) is 19.4. The average Bonchev–Trinajstić information content (AvgIpc) is 3.15. The van der Waals surface area contributed by atoms with Crippen LogP contribution in [0.1, 0.15) is 99.8 Å². The van der Waals surface area contributed by atoms with E-state index in [1.165, 1.54) is 32.1 Å². The maximum atomic E-state index is 2.76. The number of hydrogen-bond acceptors (Lipinski definition) is 0. The van der Waals surface area contributed by atoms with Crippen molar-refractivity contribution in [2.24, 2.45) is 58.2 Å². The summed E-state index contributed by atoms with van der Waals surface area (Å²) in [5.74, 6) is 7.85. The SMILES string of the molecule is CC1=CC2C(C1)CC1CCCC1C2C1CC(C(C)(C)C)CC(C(C)(C)C)C1. The van der Waals surface area contributed by atoms with Crippen LogP contribution in [-0.4, -0.2) is 0 Å². The van der Waals surface area contributed by atoms with E-state index in [4.69, 9.17) is 0 Å². The van der Waals surface area contributed by atoms with E-state index in [1.54, 1.807) is 24.8 Å². The Morgan fingerprint density at radius 2 is 1.37 bits per heavy atom. The van der Waals surface area contributed by atoms with Crippen LogP contribution in [0.4, 0.5) is 0 Å². The molecule has 0 nitrogen and oxygen atoms in total. The Balaban J connectivity index is 1.65. The summed E-state index contributed by atoms with van der Waals surface area (Å²) in [4.78, 5) is 0. The standard InChI is InChI=1S/C27H46/c1-17-11-19-13-18-9-8-10-23(18)25(24(19)12-17)20-14-21(26(2,3)4)16-22(15-20)27(5,6)7/h12,18-25H,8-11,13-16H2,1-7H3. The molecule has 0 heterocycles. The zero-order chi connectivity index (χ0) is 19.6. The summed E-state index contributed by atoms with van der Waals surface area (Å²) in [5.41, 5.74) is 2.64. The molecule has 3 fully saturated rings. The summed E-state index contributed by atoms with van der Waals surface area (Å²) < 4.78 is 0. The van der Waals surface area contributed by atoms with Gasteiger partial charge in [0, 0.05) is 0 Å². The molecule has 0 bridgehead atoms. The van der Waals surface area contributed by atoms with Crippen molar-refractivity contribution in [1.29, 1.82) is 0 Å². The highest BCUT2D eigenvalue weighted by molar-refractivity contribution is 5.17. The van der Waals surface area contributed by atoms with Gasteiger partial charge in [-0.15, -0.1) is 0 Å². The Morgan fingerprint density at radius 1 is 0.741 bits per heavy atom. The summed E-state index contributed by atoms with van der Waals surface area (Å²) >= 11 is 0. The quantitative estimate of drug-likeness (QED) is 0.409. The monoisotopic (exact) mass is 370 g/mol. The first-order valence-corrected chi connectivity index (χ1v) is 12.2. The van der Waals surface area contributed by atoms with E-state index in [0.717, 1.165) is 47.3 Å². The number of allylic oxidation sites excluding steroid dienone is 2. The van der Waals surface area contributed by atoms with E-state index < -0.39 is 0 Å². The summed E-state index contributed by atoms with van der Waals surface area (Å²) in [5, 5.41) is 0. The van der Waals surface area contributed by atoms with Crippen LogP contribution in [-0.2, 0) is 0 Å². The average molecular weight is 371 g/mol. The predicted molar refractivity (Wildman–Crippen MR) is 118 cm³/mol. The predicted octanol–water partition coefficient (Wildman–Crippen LogP) is 8.13. The highest BCUT2D eigenvalue weighted by Crippen LogP contribution is 2.60. The first-order valence-electron chi connectivity index (χ1n) is 12.2. The maximum absolute atomic E-state index is 2.76. The molecule has 0 N–H and O–H groups in total. The van der Waals surface area contributed by atoms with Gasteiger partial charge < -0.3 is 0 Å². The Kier molecular flexibility index (Phi) is 5.13. The van der Waals surface area contributed by atoms with Gasteiger partial charge in [-0.25, -0.2) is 0 Å². The Morgan fingerprint density at radius 3 is 1.96 bits per heavy atom. The molecule has 0 heteroatoms. The second-order valence-corrected chi connectivity index (χ2v) is 13.3. The number of rotatable bonds is 1. The molecule has 4 aliphatic carbocycles. The third-order valence-electron chi connectivity index (χ3n) is 9.61. The van der Waals surface area contributed by atoms with Crippen LogP contribution in [0.15, 0.2) is 11.6 Å². The second kappa shape index (κ2) is 6.91. The van der Waals surface area contributed by atoms with E-state index in [9.17, 15) is 0 Å². The lowest BCUT2D eigenvalue weighted by Crippen LogP contribution is -2.45. The molecule has 3 saturated carbocycles. The lowest BCUT2D eigenvalue weighted by molar-refractivity contribution is -0.0273. The lowest BCUT2D eigenvalue weighted by Gasteiger charge is -2.52. The fraction of sp³-hybridized carbons (Fsp3) is 0.926. The maximum Gasteiger partial charge on any atom is -0.0166 e. The first kappa shape index (κ1) is 20.0. The molecule has 0 radical (unpaired) electrons. The molecular formula is C27H46. The molecule has 7 unspecified atom stereocenters. The van der Waals surface area contributed by atoms with Gasteiger partial charge in [-0.05, 0) is 104 Å². The van der Waals surface area contributed by atoms with Crippen LogP contribution < -0.4 is 0 Å². The molecule has 0 aromatic heterocycles. The molecule has 0 aromatic carbocycles. The first-order chi connectivity index (χ1) is 12.5. The van der Waals surface area contributed by atoms with Gasteiger partial charge in [-0.2, -0.15) is 0 Å². The van der Waals surface area contributed by atoms with E-state index in [-0.39, 0.29) is 0 Å². The van der Waals surface area contributed by atoms with Crippen LogP contribution in [0, 0.1) is 58.2 Å². The van der Waals surface area contributed by atoms with Crippen molar-refractivity contribution in [1.82, 2.24) is 0 Å². The lowest BCUT2D eigenvalue weighted by atomic mass is 9.52. The zero-order valence-corrected chi connectivity index (χ0v) is 19.4. The molecule has 4 aliphatic rings. The molecule has 0 spiro atoms. The van der Waals surface area contributed by atoms with Crippen LogP contribution in [0.5, 0.6) is 0 Å². The summed E-state index contributed by atoms with van der Waals surface area (Å²) in [6.45, 7) is 17.5. The van der Waals surface area contributed by atoms with Gasteiger partial charge in [0.25, 0.3) is 0 Å². The highest BCUT2D eigenvalue weighted by atomic mass is 14.6. The minimum absolute atomic E-state index is 0.465. The second-order valence-electron chi connectivity index (χ2n) is 13.3. The molecule has 154 valence electrons. The minimum Gasteiger partial charge on any atom is -0.0819 e. The van der Waals surface area contributed by atoms with Crippen LogP contribution in [0.25, 0.3) is 0 Å². The summed E-state index contributed by atoms with van der Waals surface area (Å²) in [6, 6.07) is 0. The largest absolute Gasteiger partial charge is 0.0819 e. The molecule has 0 saturated heterocycles. The fourth-order valence-electron chi connectivity index (χ4n) is 8.04. The van der Waals surface area contributed by atoms with Crippen molar-refractivity contribution in [3.05, 3.63) is 11.6 Å². The van der Waals surface area contributed by atoms with Crippen molar-refractivity contribution in [2.75, 3.05) is 0 Å². The van der Waals surface area contributed by atoms with Gasteiger partial charge in [0.15, 0.2) is 0 Å². The summed E-state index contributed by atoms with van der Waals surface area (Å²) in [6.07, 6.45) is 14.8. The Bertz CT molecular complexity index is 546. The third kappa shape index (κ3) is 3.81. The van der Waals surface area contributed by atoms with Crippen molar-refractivity contribution in [3.8, 4) is 0 Å². The van der Waals surface area contributed by atoms with Crippen LogP contribution in [0.3, 0.4) is 0 Å². The van der Waals surface area contributed by atoms with E-state index in [0.29, 0.717) is 10.8 Å². The van der Waals surface area contributed by atoms with Gasteiger partial charge in [0.05, 0.1) is 0 Å².